The minimum atomic E-state index is -3.03. The predicted octanol–water partition coefficient (Wildman–Crippen LogP) is 0.837. The zero-order valence-corrected chi connectivity index (χ0v) is 9.72. The first kappa shape index (κ1) is 11.9. The molecule has 0 radical (unpaired) electrons. The first-order chi connectivity index (χ1) is 6.61. The second kappa shape index (κ2) is 5.09. The van der Waals surface area contributed by atoms with Crippen molar-refractivity contribution in [2.24, 2.45) is 0 Å². The molecule has 0 aliphatic heterocycles. The van der Waals surface area contributed by atoms with E-state index in [9.17, 15) is 8.42 Å². The maximum absolute atomic E-state index is 11.8. The van der Waals surface area contributed by atoms with Crippen molar-refractivity contribution in [2.45, 2.75) is 32.2 Å². The van der Waals surface area contributed by atoms with Crippen molar-refractivity contribution in [1.29, 1.82) is 0 Å². The SMILES string of the molecule is CCCS(=O)(=O)N(CCOC)C1CC1. The highest BCUT2D eigenvalue weighted by molar-refractivity contribution is 7.89. The van der Waals surface area contributed by atoms with Crippen LogP contribution < -0.4 is 0 Å². The molecule has 0 saturated heterocycles. The monoisotopic (exact) mass is 221 g/mol. The second-order valence-corrected chi connectivity index (χ2v) is 5.69. The molecule has 1 rings (SSSR count). The zero-order valence-electron chi connectivity index (χ0n) is 8.90. The third kappa shape index (κ3) is 3.22. The molecule has 0 aromatic carbocycles. The summed E-state index contributed by atoms with van der Waals surface area (Å²) in [5.74, 6) is 0.257. The van der Waals surface area contributed by atoms with Crippen molar-refractivity contribution in [3.05, 3.63) is 0 Å². The zero-order chi connectivity index (χ0) is 10.6. The van der Waals surface area contributed by atoms with Crippen LogP contribution in [0.3, 0.4) is 0 Å². The number of nitrogens with zero attached hydrogens (tertiary/aromatic N) is 1. The van der Waals surface area contributed by atoms with E-state index in [2.05, 4.69) is 0 Å². The van der Waals surface area contributed by atoms with Crippen molar-refractivity contribution in [2.75, 3.05) is 26.0 Å². The van der Waals surface area contributed by atoms with Gasteiger partial charge in [-0.05, 0) is 19.3 Å². The first-order valence-corrected chi connectivity index (χ1v) is 6.71. The van der Waals surface area contributed by atoms with Crippen LogP contribution in [0.15, 0.2) is 0 Å². The third-order valence-electron chi connectivity index (χ3n) is 2.29. The average molecular weight is 221 g/mol. The minimum absolute atomic E-state index is 0.252. The number of sulfonamides is 1. The molecule has 84 valence electrons. The lowest BCUT2D eigenvalue weighted by Gasteiger charge is -2.20. The summed E-state index contributed by atoms with van der Waals surface area (Å²) in [5.41, 5.74) is 0. The largest absolute Gasteiger partial charge is 0.383 e. The molecule has 0 amide bonds. The van der Waals surface area contributed by atoms with E-state index in [0.717, 1.165) is 12.8 Å². The Bertz CT molecular complexity index is 259. The second-order valence-electron chi connectivity index (χ2n) is 3.65. The van der Waals surface area contributed by atoms with Gasteiger partial charge in [0, 0.05) is 19.7 Å². The summed E-state index contributed by atoms with van der Waals surface area (Å²) < 4.78 is 30.1. The van der Waals surface area contributed by atoms with Gasteiger partial charge in [-0.25, -0.2) is 8.42 Å². The Labute approximate surface area is 86.3 Å². The van der Waals surface area contributed by atoms with Crippen LogP contribution >= 0.6 is 0 Å². The summed E-state index contributed by atoms with van der Waals surface area (Å²) in [5, 5.41) is 0. The number of hydrogen-bond donors (Lipinski definition) is 0. The van der Waals surface area contributed by atoms with Gasteiger partial charge in [-0.15, -0.1) is 0 Å². The van der Waals surface area contributed by atoms with Crippen LogP contribution in [0.4, 0.5) is 0 Å². The molecule has 4 nitrogen and oxygen atoms in total. The van der Waals surface area contributed by atoms with E-state index in [4.69, 9.17) is 4.74 Å². The fraction of sp³-hybridized carbons (Fsp3) is 1.00. The summed E-state index contributed by atoms with van der Waals surface area (Å²) in [6.45, 7) is 2.88. The molecule has 0 spiro atoms. The van der Waals surface area contributed by atoms with Gasteiger partial charge >= 0.3 is 0 Å². The van der Waals surface area contributed by atoms with Gasteiger partial charge in [0.25, 0.3) is 0 Å². The predicted molar refractivity (Wildman–Crippen MR) is 55.7 cm³/mol. The molecule has 1 saturated carbocycles. The van der Waals surface area contributed by atoms with E-state index in [1.807, 2.05) is 6.92 Å². The molecule has 14 heavy (non-hydrogen) atoms. The van der Waals surface area contributed by atoms with Crippen molar-refractivity contribution >= 4 is 10.0 Å². The maximum atomic E-state index is 11.8. The molecule has 0 heterocycles. The van der Waals surface area contributed by atoms with Crippen molar-refractivity contribution in [3.8, 4) is 0 Å². The Morgan fingerprint density at radius 3 is 2.50 bits per heavy atom. The van der Waals surface area contributed by atoms with Gasteiger partial charge in [-0.3, -0.25) is 0 Å². The molecule has 0 bridgehead atoms. The highest BCUT2D eigenvalue weighted by Crippen LogP contribution is 2.29. The van der Waals surface area contributed by atoms with Gasteiger partial charge < -0.3 is 4.74 Å². The number of rotatable bonds is 7. The number of hydrogen-bond acceptors (Lipinski definition) is 3. The molecule has 0 N–H and O–H groups in total. The normalized spacial score (nSPS) is 17.6. The van der Waals surface area contributed by atoms with Crippen LogP contribution in [0, 0.1) is 0 Å². The molecule has 0 aromatic heterocycles. The summed E-state index contributed by atoms with van der Waals surface area (Å²) in [6.07, 6.45) is 2.69. The van der Waals surface area contributed by atoms with Gasteiger partial charge in [0.05, 0.1) is 12.4 Å². The molecule has 5 heteroatoms. The molecule has 1 aliphatic carbocycles. The van der Waals surface area contributed by atoms with E-state index < -0.39 is 10.0 Å². The fourth-order valence-electron chi connectivity index (χ4n) is 1.47. The van der Waals surface area contributed by atoms with Crippen LogP contribution in [0.1, 0.15) is 26.2 Å². The van der Waals surface area contributed by atoms with E-state index in [-0.39, 0.29) is 11.8 Å². The van der Waals surface area contributed by atoms with Gasteiger partial charge in [0.1, 0.15) is 0 Å². The number of methoxy groups -OCH3 is 1. The van der Waals surface area contributed by atoms with E-state index >= 15 is 0 Å². The van der Waals surface area contributed by atoms with E-state index in [0.29, 0.717) is 19.6 Å². The van der Waals surface area contributed by atoms with Crippen LogP contribution in [0.25, 0.3) is 0 Å². The molecule has 1 aliphatic rings. The minimum Gasteiger partial charge on any atom is -0.383 e. The summed E-state index contributed by atoms with van der Waals surface area (Å²) in [4.78, 5) is 0. The highest BCUT2D eigenvalue weighted by atomic mass is 32.2. The Kier molecular flexibility index (Phi) is 4.34. The van der Waals surface area contributed by atoms with Gasteiger partial charge in [-0.2, -0.15) is 4.31 Å². The average Bonchev–Trinajstić information content (AvgIpc) is 2.88. The lowest BCUT2D eigenvalue weighted by molar-refractivity contribution is 0.177. The Hall–Kier alpha value is -0.130. The Balaban J connectivity index is 2.56. The van der Waals surface area contributed by atoms with Crippen molar-refractivity contribution in [3.63, 3.8) is 0 Å². The smallest absolute Gasteiger partial charge is 0.214 e. The molecule has 0 atom stereocenters. The standard InChI is InChI=1S/C9H19NO3S/c1-3-8-14(11,12)10(6-7-13-2)9-4-5-9/h9H,3-8H2,1-2H3. The van der Waals surface area contributed by atoms with Crippen LogP contribution in [-0.4, -0.2) is 44.8 Å². The summed E-state index contributed by atoms with van der Waals surface area (Å²) in [7, 11) is -1.43. The first-order valence-electron chi connectivity index (χ1n) is 5.10. The van der Waals surface area contributed by atoms with Crippen LogP contribution in [0.2, 0.25) is 0 Å². The van der Waals surface area contributed by atoms with E-state index in [1.165, 1.54) is 0 Å². The molecule has 0 unspecified atom stereocenters. The quantitative estimate of drug-likeness (QED) is 0.640. The van der Waals surface area contributed by atoms with Crippen molar-refractivity contribution < 1.29 is 13.2 Å². The third-order valence-corrected chi connectivity index (χ3v) is 4.41. The van der Waals surface area contributed by atoms with Crippen LogP contribution in [-0.2, 0) is 14.8 Å². The highest BCUT2D eigenvalue weighted by Gasteiger charge is 2.36. The lowest BCUT2D eigenvalue weighted by atomic mass is 10.6. The maximum Gasteiger partial charge on any atom is 0.214 e. The topological polar surface area (TPSA) is 46.6 Å². The Morgan fingerprint density at radius 1 is 1.43 bits per heavy atom. The Morgan fingerprint density at radius 2 is 2.07 bits per heavy atom. The van der Waals surface area contributed by atoms with Gasteiger partial charge in [0.2, 0.25) is 10.0 Å². The molecular weight excluding hydrogens is 202 g/mol. The number of ether oxygens (including phenoxy) is 1. The molecule has 0 aromatic rings. The van der Waals surface area contributed by atoms with E-state index in [1.54, 1.807) is 11.4 Å². The van der Waals surface area contributed by atoms with Gasteiger partial charge in [0.15, 0.2) is 0 Å². The molecular formula is C9H19NO3S. The van der Waals surface area contributed by atoms with Crippen LogP contribution in [0.5, 0.6) is 0 Å². The fourth-order valence-corrected chi connectivity index (χ4v) is 3.24. The van der Waals surface area contributed by atoms with Crippen molar-refractivity contribution in [1.82, 2.24) is 4.31 Å². The van der Waals surface area contributed by atoms with Gasteiger partial charge in [-0.1, -0.05) is 6.92 Å². The summed E-state index contributed by atoms with van der Waals surface area (Å²) in [6, 6.07) is 0.252. The summed E-state index contributed by atoms with van der Waals surface area (Å²) >= 11 is 0. The lowest BCUT2D eigenvalue weighted by Crippen LogP contribution is -2.37. The molecule has 1 fully saturated rings.